The van der Waals surface area contributed by atoms with E-state index in [1.54, 1.807) is 122 Å². The largest absolute Gasteiger partial charge is 0.497 e. The number of nitrogens with one attached hydrogen (secondary N) is 7. The normalized spacial score (nSPS) is 13.4. The summed E-state index contributed by atoms with van der Waals surface area (Å²) in [7, 11) is 6.43. The highest BCUT2D eigenvalue weighted by atomic mass is 35.5. The van der Waals surface area contributed by atoms with Gasteiger partial charge < -0.3 is 81.9 Å². The number of carbonyl (C=O) groups is 2. The Balaban J connectivity index is 0.000000357. The predicted octanol–water partition coefficient (Wildman–Crippen LogP) is 18.1. The molecule has 4 unspecified atom stereocenters. The number of methoxy groups -OCH3 is 4. The Hall–Kier alpha value is -11.1. The molecule has 11 aromatic rings. The van der Waals surface area contributed by atoms with E-state index in [0.29, 0.717) is 140 Å². The molecule has 1 aliphatic rings. The van der Waals surface area contributed by atoms with Crippen molar-refractivity contribution in [3.8, 4) is 23.0 Å². The number of aliphatic hydroxyl groups is 6. The Bertz CT molecular complexity index is 5170. The third kappa shape index (κ3) is 37.3. The smallest absolute Gasteiger partial charge is 0.261 e. The maximum absolute atomic E-state index is 13.3. The molecule has 15 N–H and O–H groups in total. The van der Waals surface area contributed by atoms with Gasteiger partial charge in [0.2, 0.25) is 22.5 Å². The maximum Gasteiger partial charge on any atom is 0.261 e. The summed E-state index contributed by atoms with van der Waals surface area (Å²) >= 11 is 17.3. The van der Waals surface area contributed by atoms with Gasteiger partial charge in [-0.3, -0.25) is 34.4 Å². The molecule has 3 aromatic carbocycles. The summed E-state index contributed by atoms with van der Waals surface area (Å²) in [5, 5.41) is 69.8. The summed E-state index contributed by atoms with van der Waals surface area (Å²) in [5.41, 5.74) is 23.0. The van der Waals surface area contributed by atoms with Crippen molar-refractivity contribution in [3.05, 3.63) is 172 Å². The molecule has 9 heterocycles. The number of alkyl halides is 4. The number of unbranched alkanes of at least 4 members (excludes halogenated alkanes) is 5. The number of benzene rings is 3. The van der Waals surface area contributed by atoms with Crippen LogP contribution in [0.3, 0.4) is 0 Å². The van der Waals surface area contributed by atoms with E-state index in [4.69, 9.17) is 96.0 Å². The van der Waals surface area contributed by atoms with Gasteiger partial charge in [-0.15, -0.1) is 0 Å². The number of rotatable bonds is 41. The molecule has 10 atom stereocenters. The van der Waals surface area contributed by atoms with Crippen LogP contribution in [0.5, 0.6) is 23.0 Å². The van der Waals surface area contributed by atoms with Crippen LogP contribution < -0.4 is 51.3 Å². The fourth-order valence-electron chi connectivity index (χ4n) is 13.1. The number of imide groups is 1. The van der Waals surface area contributed by atoms with Gasteiger partial charge in [0.05, 0.1) is 92.0 Å². The summed E-state index contributed by atoms with van der Waals surface area (Å²) in [6, 6.07) is 30.6. The lowest BCUT2D eigenvalue weighted by atomic mass is 9.99. The minimum atomic E-state index is -1.13. The maximum atomic E-state index is 13.3. The number of aliphatic hydroxyl groups excluding tert-OH is 6. The SMILES string of the molecule is CCCC[C@@H](C)C(O)CF.CCCC[C@@H](N)C(O)CF.CCCC[C@@H](Nc1nc(Cl)nc2cccnc12)C(O)CF.CCCC[C@@H](Nc1nc(NCc2ccc(OC)cc2OC)nc2cccnc12)C(O)CF.CCCC[C@@H](Nc1nc(NCc2ccc(OC)cc2OC)nc2cccnc12)[C@H](C)N1C(=O)c2ccccc2C1=O.CCO.CCO.Clc1nc(Cl)c2ncccc2n1.N=N. The number of halogens is 7. The highest BCUT2D eigenvalue weighted by Gasteiger charge is 2.41. The molecule has 8 aromatic heterocycles. The Kier molecular flexibility index (Phi) is 55.6. The van der Waals surface area contributed by atoms with Crippen LogP contribution >= 0.6 is 34.8 Å². The molecule has 0 fully saturated rings. The zero-order valence-corrected chi connectivity index (χ0v) is 80.7. The zero-order chi connectivity index (χ0) is 99.0. The number of aromatic nitrogens is 12. The van der Waals surface area contributed by atoms with Crippen LogP contribution in [0.4, 0.5) is 46.9 Å². The molecule has 0 saturated heterocycles. The van der Waals surface area contributed by atoms with E-state index < -0.39 is 69.2 Å². The van der Waals surface area contributed by atoms with E-state index in [2.05, 4.69) is 102 Å². The van der Waals surface area contributed by atoms with Gasteiger partial charge in [0, 0.05) is 86.4 Å². The minimum Gasteiger partial charge on any atom is -0.497 e. The number of anilines is 5. The first-order valence-corrected chi connectivity index (χ1v) is 45.7. The van der Waals surface area contributed by atoms with E-state index in [1.165, 1.54) is 4.90 Å². The molecular formula is C94H132Cl3F4N21O12. The van der Waals surface area contributed by atoms with Crippen molar-refractivity contribution in [2.75, 3.05) is 94.9 Å². The van der Waals surface area contributed by atoms with Crippen LogP contribution in [0.15, 0.2) is 134 Å². The lowest BCUT2D eigenvalue weighted by Gasteiger charge is -2.32. The number of pyridine rings is 4. The Morgan fingerprint density at radius 3 is 1.15 bits per heavy atom. The van der Waals surface area contributed by atoms with Crippen molar-refractivity contribution in [2.45, 2.75) is 226 Å². The molecule has 1 aliphatic heterocycles. The van der Waals surface area contributed by atoms with E-state index in [1.807, 2.05) is 82.3 Å². The van der Waals surface area contributed by atoms with Crippen LogP contribution in [-0.4, -0.2) is 230 Å². The number of ether oxygens (including phenoxy) is 4. The molecule has 0 spiro atoms. The molecule has 0 aliphatic carbocycles. The monoisotopic (exact) mass is 1930 g/mol. The quantitative estimate of drug-likeness (QED) is 0.00556. The summed E-state index contributed by atoms with van der Waals surface area (Å²) in [6.07, 6.45) is 16.0. The molecule has 40 heteroatoms. The van der Waals surface area contributed by atoms with Crippen molar-refractivity contribution in [2.24, 2.45) is 11.7 Å². The van der Waals surface area contributed by atoms with Crippen LogP contribution in [0.1, 0.15) is 190 Å². The second-order valence-corrected chi connectivity index (χ2v) is 31.4. The number of hydrogen-bond acceptors (Lipinski definition) is 32. The minimum absolute atomic E-state index is 0.0852. The number of nitrogens with two attached hydrogens (primary N) is 1. The van der Waals surface area contributed by atoms with Crippen molar-refractivity contribution >= 4 is 120 Å². The topological polar surface area (TPSA) is 484 Å². The Morgan fingerprint density at radius 1 is 0.425 bits per heavy atom. The highest BCUT2D eigenvalue weighted by Crippen LogP contribution is 2.33. The van der Waals surface area contributed by atoms with Gasteiger partial charge in [-0.25, -0.2) is 53.5 Å². The first-order chi connectivity index (χ1) is 64.7. The summed E-state index contributed by atoms with van der Waals surface area (Å²) in [6.45, 7) is 15.8. The molecule has 12 rings (SSSR count). The fraction of sp³-hybridized carbons (Fsp3) is 0.489. The standard InChI is InChI=1S/C31H34N6O4.C23H30FN5O3.C14H18ClFN4O.C8H17FO.C7H3Cl2N3.C7H16FNO.2C2H6O.H2N2/c1-5-6-12-24(19(2)37-29(38)22-10-7-8-11-23(22)30(37)39)34-28-27-25(13-9-16-32-27)35-31(36-28)33-18-20-14-15-21(40-3)17-26(20)41-4;1-4-5-7-17(19(30)13-24)27-22-21-18(8-6-11-25-21)28-23(29-22)26-14-15-9-10-16(31-2)12-20(15)32-3;1-2-3-5-9(11(21)8-16)18-13-12-10(6-4-7-17-12)19-14(15)20-13;1-3-4-5-7(2)8(10)6-9;8-6-5-4(2-1-3-10-5)11-7(9)12-6;1-2-3-4-6(9)7(10)5-8;2*1-2-3;1-2/h7-11,13-17,19,24H,5-6,12,18H2,1-4H3,(H2,33,34,35,36);6,8-12,17,19,30H,4-5,7,13-14H2,1-3H3,(H2,26,27,28,29);4,6-7,9,11,21H,2-3,5,8H2,1H3,(H,18,19,20);7-8,10H,3-6H2,1-2H3;1-3H;6-7,10H,2-5,9H2,1H3;2*3H,2H2,1H3;1-2H/t19-,24+;17-,19?;9-,11?;7-,8?;;6-,7?;;;/m0111.1.../s1. The van der Waals surface area contributed by atoms with Gasteiger partial charge in [0.1, 0.15) is 84.0 Å². The van der Waals surface area contributed by atoms with Crippen LogP contribution in [0, 0.1) is 17.0 Å². The molecule has 0 bridgehead atoms. The third-order valence-corrected chi connectivity index (χ3v) is 21.2. The molecular weight excluding hydrogens is 1800 g/mol. The number of amides is 2. The number of hydrogen-bond donors (Lipinski definition) is 14. The van der Waals surface area contributed by atoms with Gasteiger partial charge in [-0.2, -0.15) is 15.0 Å². The van der Waals surface area contributed by atoms with Gasteiger partial charge in [-0.1, -0.05) is 129 Å². The van der Waals surface area contributed by atoms with Crippen molar-refractivity contribution in [1.29, 1.82) is 11.1 Å². The first-order valence-electron chi connectivity index (χ1n) is 44.6. The van der Waals surface area contributed by atoms with Gasteiger partial charge in [0.25, 0.3) is 11.8 Å². The molecule has 0 saturated carbocycles. The lowest BCUT2D eigenvalue weighted by Crippen LogP contribution is -2.48. The van der Waals surface area contributed by atoms with E-state index in [9.17, 15) is 37.4 Å². The second-order valence-electron chi connectivity index (χ2n) is 30.4. The number of fused-ring (bicyclic) bond motifs is 5. The molecule has 0 radical (unpaired) electrons. The third-order valence-electron chi connectivity index (χ3n) is 20.6. The second kappa shape index (κ2) is 64.7. The molecule has 734 valence electrons. The molecule has 33 nitrogen and oxygen atoms in total. The average molecular weight is 1930 g/mol. The predicted molar refractivity (Wildman–Crippen MR) is 520 cm³/mol. The molecule has 134 heavy (non-hydrogen) atoms. The average Bonchev–Trinajstić information content (AvgIpc) is 1.61. The van der Waals surface area contributed by atoms with Crippen LogP contribution in [-0.2, 0) is 13.1 Å². The first kappa shape index (κ1) is 115. The summed E-state index contributed by atoms with van der Waals surface area (Å²) < 4.78 is 71.1. The van der Waals surface area contributed by atoms with E-state index >= 15 is 0 Å². The number of nitrogens with zero attached hydrogens (tertiary/aromatic N) is 13. The summed E-state index contributed by atoms with van der Waals surface area (Å²) in [5.74, 6) is 4.54. The molecule has 2 amide bonds. The van der Waals surface area contributed by atoms with Crippen LogP contribution in [0.2, 0.25) is 15.7 Å². The van der Waals surface area contributed by atoms with Crippen molar-refractivity contribution < 1.29 is 76.7 Å². The van der Waals surface area contributed by atoms with Gasteiger partial charge in [0.15, 0.2) is 22.6 Å². The lowest BCUT2D eigenvalue weighted by molar-refractivity contribution is 0.0578. The van der Waals surface area contributed by atoms with E-state index in [0.717, 1.165) is 88.2 Å². The van der Waals surface area contributed by atoms with Crippen molar-refractivity contribution in [1.82, 2.24) is 64.7 Å². The van der Waals surface area contributed by atoms with Gasteiger partial charge in [-0.05, 0) is 167 Å². The van der Waals surface area contributed by atoms with E-state index in [-0.39, 0.29) is 58.7 Å². The highest BCUT2D eigenvalue weighted by molar-refractivity contribution is 6.35. The summed E-state index contributed by atoms with van der Waals surface area (Å²) in [4.78, 5) is 79.5. The zero-order valence-electron chi connectivity index (χ0n) is 78.4. The number of carbonyl (C=O) groups excluding carboxylic acids is 2. The van der Waals surface area contributed by atoms with Crippen LogP contribution in [0.25, 0.3) is 44.1 Å². The van der Waals surface area contributed by atoms with Crippen molar-refractivity contribution in [3.63, 3.8) is 0 Å². The Labute approximate surface area is 796 Å². The Morgan fingerprint density at radius 2 is 0.769 bits per heavy atom. The van der Waals surface area contributed by atoms with Gasteiger partial charge >= 0.3 is 0 Å². The fourth-order valence-corrected chi connectivity index (χ4v) is 13.7.